The van der Waals surface area contributed by atoms with E-state index in [-0.39, 0.29) is 17.5 Å². The van der Waals surface area contributed by atoms with Gasteiger partial charge in [-0.25, -0.2) is 4.98 Å². The van der Waals surface area contributed by atoms with Gasteiger partial charge in [-0.1, -0.05) is 25.0 Å². The maximum atomic E-state index is 13.3. The van der Waals surface area contributed by atoms with E-state index in [0.29, 0.717) is 30.4 Å². The predicted molar refractivity (Wildman–Crippen MR) is 119 cm³/mol. The Bertz CT molecular complexity index is 1170. The molecular weight excluding hydrogens is 390 g/mol. The second-order valence-electron chi connectivity index (χ2n) is 8.82. The third kappa shape index (κ3) is 3.77. The molecule has 31 heavy (non-hydrogen) atoms. The fourth-order valence-corrected chi connectivity index (χ4v) is 5.25. The summed E-state index contributed by atoms with van der Waals surface area (Å²) in [4.78, 5) is 32.5. The summed E-state index contributed by atoms with van der Waals surface area (Å²) >= 11 is 0. The number of para-hydroxylation sites is 1. The van der Waals surface area contributed by atoms with Gasteiger partial charge in [0.25, 0.3) is 5.56 Å². The van der Waals surface area contributed by atoms with E-state index >= 15 is 0 Å². The van der Waals surface area contributed by atoms with Crippen molar-refractivity contribution >= 4 is 16.8 Å². The molecular formula is C24H29N5O2. The molecule has 0 unspecified atom stereocenters. The molecule has 1 aromatic carbocycles. The first-order chi connectivity index (χ1) is 15.1. The van der Waals surface area contributed by atoms with Crippen molar-refractivity contribution in [3.8, 4) is 0 Å². The van der Waals surface area contributed by atoms with E-state index in [9.17, 15) is 9.59 Å². The van der Waals surface area contributed by atoms with Crippen LogP contribution in [0.4, 0.5) is 0 Å². The Morgan fingerprint density at radius 2 is 1.97 bits per heavy atom. The van der Waals surface area contributed by atoms with Crippen molar-refractivity contribution in [2.24, 2.45) is 7.05 Å². The molecule has 0 atom stereocenters. The summed E-state index contributed by atoms with van der Waals surface area (Å²) in [7, 11) is 2.01. The fourth-order valence-electron chi connectivity index (χ4n) is 5.25. The van der Waals surface area contributed by atoms with E-state index in [2.05, 4.69) is 4.98 Å². The van der Waals surface area contributed by atoms with Crippen LogP contribution in [0.25, 0.3) is 10.9 Å². The number of benzene rings is 1. The topological polar surface area (TPSA) is 73.0 Å². The molecule has 0 spiro atoms. The molecule has 2 aliphatic carbocycles. The summed E-state index contributed by atoms with van der Waals surface area (Å²) in [5.41, 5.74) is 4.32. The molecule has 3 aromatic rings. The Hall–Kier alpha value is -2.96. The van der Waals surface area contributed by atoms with Crippen LogP contribution in [0.3, 0.4) is 0 Å². The van der Waals surface area contributed by atoms with E-state index < -0.39 is 0 Å². The Morgan fingerprint density at radius 3 is 2.81 bits per heavy atom. The zero-order chi connectivity index (χ0) is 21.4. The summed E-state index contributed by atoms with van der Waals surface area (Å²) in [6.07, 6.45) is 9.61. The third-order valence-corrected chi connectivity index (χ3v) is 6.90. The van der Waals surface area contributed by atoms with Crippen LogP contribution in [0.1, 0.15) is 55.5 Å². The van der Waals surface area contributed by atoms with Gasteiger partial charge < -0.3 is 4.90 Å². The number of amides is 1. The number of nitrogens with zero attached hydrogens (tertiary/aromatic N) is 5. The molecule has 1 fully saturated rings. The van der Waals surface area contributed by atoms with Crippen molar-refractivity contribution in [3.05, 3.63) is 57.9 Å². The number of hydrogen-bond donors (Lipinski definition) is 0. The highest BCUT2D eigenvalue weighted by Gasteiger charge is 2.30. The van der Waals surface area contributed by atoms with Gasteiger partial charge in [-0.2, -0.15) is 5.10 Å². The highest BCUT2D eigenvalue weighted by molar-refractivity contribution is 5.78. The van der Waals surface area contributed by atoms with Gasteiger partial charge in [0.2, 0.25) is 5.91 Å². The van der Waals surface area contributed by atoms with Crippen LogP contribution in [-0.4, -0.2) is 36.2 Å². The molecule has 5 rings (SSSR count). The second-order valence-corrected chi connectivity index (χ2v) is 8.82. The van der Waals surface area contributed by atoms with Crippen LogP contribution in [0.15, 0.2) is 35.4 Å². The Morgan fingerprint density at radius 1 is 1.16 bits per heavy atom. The van der Waals surface area contributed by atoms with Crippen LogP contribution < -0.4 is 5.56 Å². The average molecular weight is 420 g/mol. The molecule has 0 bridgehead atoms. The maximum Gasteiger partial charge on any atom is 0.261 e. The van der Waals surface area contributed by atoms with Gasteiger partial charge in [0, 0.05) is 31.7 Å². The third-order valence-electron chi connectivity index (χ3n) is 6.90. The predicted octanol–water partition coefficient (Wildman–Crippen LogP) is 2.98. The number of rotatable bonds is 6. The molecule has 1 amide bonds. The molecule has 0 aliphatic heterocycles. The molecule has 1 saturated carbocycles. The lowest BCUT2D eigenvalue weighted by molar-refractivity contribution is -0.134. The van der Waals surface area contributed by atoms with E-state index in [1.54, 1.807) is 17.0 Å². The lowest BCUT2D eigenvalue weighted by Crippen LogP contribution is -2.39. The van der Waals surface area contributed by atoms with Crippen molar-refractivity contribution in [2.45, 2.75) is 70.5 Å². The lowest BCUT2D eigenvalue weighted by Gasteiger charge is -2.29. The first-order valence-electron chi connectivity index (χ1n) is 11.4. The van der Waals surface area contributed by atoms with Crippen LogP contribution in [-0.2, 0) is 37.8 Å². The Balaban J connectivity index is 1.35. The molecule has 0 saturated heterocycles. The van der Waals surface area contributed by atoms with Gasteiger partial charge in [0.05, 0.1) is 29.5 Å². The quantitative estimate of drug-likeness (QED) is 0.616. The zero-order valence-corrected chi connectivity index (χ0v) is 18.1. The molecule has 2 aromatic heterocycles. The SMILES string of the molecule is Cn1nc(CN(C(=O)CCn2cnc3ccccc3c2=O)C2CCCC2)c2c1CCC2. The van der Waals surface area contributed by atoms with Crippen molar-refractivity contribution in [2.75, 3.05) is 0 Å². The molecule has 7 nitrogen and oxygen atoms in total. The van der Waals surface area contributed by atoms with Gasteiger partial charge in [-0.15, -0.1) is 0 Å². The minimum atomic E-state index is -0.0895. The Labute approximate surface area is 181 Å². The van der Waals surface area contributed by atoms with E-state index in [1.165, 1.54) is 30.5 Å². The molecule has 162 valence electrons. The number of fused-ring (bicyclic) bond motifs is 2. The first kappa shape index (κ1) is 20.0. The minimum Gasteiger partial charge on any atom is -0.334 e. The van der Waals surface area contributed by atoms with E-state index in [1.807, 2.05) is 34.8 Å². The van der Waals surface area contributed by atoms with Crippen LogP contribution in [0.2, 0.25) is 0 Å². The largest absolute Gasteiger partial charge is 0.334 e. The zero-order valence-electron chi connectivity index (χ0n) is 18.1. The summed E-state index contributed by atoms with van der Waals surface area (Å²) < 4.78 is 3.56. The van der Waals surface area contributed by atoms with Crippen molar-refractivity contribution < 1.29 is 4.79 Å². The fraction of sp³-hybridized carbons (Fsp3) is 0.500. The van der Waals surface area contributed by atoms with E-state index in [4.69, 9.17) is 5.10 Å². The molecule has 2 aliphatic rings. The first-order valence-corrected chi connectivity index (χ1v) is 11.4. The van der Waals surface area contributed by atoms with Gasteiger partial charge >= 0.3 is 0 Å². The second kappa shape index (κ2) is 8.29. The van der Waals surface area contributed by atoms with E-state index in [0.717, 1.165) is 31.4 Å². The molecule has 7 heteroatoms. The summed E-state index contributed by atoms with van der Waals surface area (Å²) in [6, 6.07) is 7.61. The smallest absolute Gasteiger partial charge is 0.261 e. The maximum absolute atomic E-state index is 13.3. The molecule has 0 N–H and O–H groups in total. The number of carbonyl (C=O) groups is 1. The van der Waals surface area contributed by atoms with Crippen LogP contribution >= 0.6 is 0 Å². The Kier molecular flexibility index (Phi) is 5.34. The number of carbonyl (C=O) groups excluding carboxylic acids is 1. The highest BCUT2D eigenvalue weighted by Crippen LogP contribution is 2.29. The summed E-state index contributed by atoms with van der Waals surface area (Å²) in [5, 5.41) is 5.34. The highest BCUT2D eigenvalue weighted by atomic mass is 16.2. The van der Waals surface area contributed by atoms with Gasteiger partial charge in [-0.05, 0) is 49.8 Å². The monoisotopic (exact) mass is 419 g/mol. The average Bonchev–Trinajstić information content (AvgIpc) is 3.52. The summed E-state index contributed by atoms with van der Waals surface area (Å²) in [5.74, 6) is 0.101. The number of aromatic nitrogens is 4. The number of hydrogen-bond acceptors (Lipinski definition) is 4. The van der Waals surface area contributed by atoms with Crippen molar-refractivity contribution in [1.29, 1.82) is 0 Å². The number of aryl methyl sites for hydroxylation is 2. The van der Waals surface area contributed by atoms with Gasteiger partial charge in [0.1, 0.15) is 0 Å². The van der Waals surface area contributed by atoms with Crippen LogP contribution in [0.5, 0.6) is 0 Å². The van der Waals surface area contributed by atoms with Gasteiger partial charge in [0.15, 0.2) is 0 Å². The van der Waals surface area contributed by atoms with Gasteiger partial charge in [-0.3, -0.25) is 18.8 Å². The minimum absolute atomic E-state index is 0.0895. The molecule has 0 radical (unpaired) electrons. The molecule has 2 heterocycles. The lowest BCUT2D eigenvalue weighted by atomic mass is 10.1. The van der Waals surface area contributed by atoms with Crippen LogP contribution in [0, 0.1) is 0 Å². The normalized spacial score (nSPS) is 16.2. The van der Waals surface area contributed by atoms with Crippen molar-refractivity contribution in [1.82, 2.24) is 24.2 Å². The van der Waals surface area contributed by atoms with Crippen molar-refractivity contribution in [3.63, 3.8) is 0 Å². The summed E-state index contributed by atoms with van der Waals surface area (Å²) in [6.45, 7) is 0.927. The standard InChI is InChI=1S/C24H29N5O2/c1-27-22-12-6-10-18(22)21(26-27)15-29(17-7-2-3-8-17)23(30)13-14-28-16-25-20-11-5-4-9-19(20)24(28)31/h4-5,9,11,16-17H,2-3,6-8,10,12-15H2,1H3.